The van der Waals surface area contributed by atoms with Gasteiger partial charge in [0, 0.05) is 25.1 Å². The standard InChI is InChI=1S/C18H20N8O4/c1-9-6-11(24-18(20)21-9)17-23-13(8-30-17)16(28)22-12-7-26(25-14(12)15(19)27)10-2-4-29-5-3-10/h6-8,10H,2-5H2,1H3,(H2,19,27)(H,22,28)(H2,20,21,24). The Kier molecular flexibility index (Phi) is 5.14. The molecule has 0 bridgehead atoms. The molecule has 156 valence electrons. The number of hydrogen-bond donors (Lipinski definition) is 3. The second-order valence-electron chi connectivity index (χ2n) is 6.82. The molecule has 5 N–H and O–H groups in total. The van der Waals surface area contributed by atoms with Crippen LogP contribution in [-0.4, -0.2) is 49.8 Å². The molecule has 1 fully saturated rings. The van der Waals surface area contributed by atoms with Crippen LogP contribution in [0.5, 0.6) is 0 Å². The largest absolute Gasteiger partial charge is 0.442 e. The zero-order chi connectivity index (χ0) is 21.3. The quantitative estimate of drug-likeness (QED) is 0.549. The average Bonchev–Trinajstić information content (AvgIpc) is 3.35. The highest BCUT2D eigenvalue weighted by Crippen LogP contribution is 2.25. The smallest absolute Gasteiger partial charge is 0.277 e. The van der Waals surface area contributed by atoms with Crippen LogP contribution in [0.1, 0.15) is 45.6 Å². The van der Waals surface area contributed by atoms with Crippen molar-refractivity contribution in [3.05, 3.63) is 35.6 Å². The van der Waals surface area contributed by atoms with Crippen molar-refractivity contribution in [3.8, 4) is 11.6 Å². The SMILES string of the molecule is Cc1cc(-c2nc(C(=O)Nc3cn(C4CCOCC4)nc3C(N)=O)co2)nc(N)n1. The van der Waals surface area contributed by atoms with Crippen LogP contribution >= 0.6 is 0 Å². The van der Waals surface area contributed by atoms with Gasteiger partial charge in [0.2, 0.25) is 11.8 Å². The molecule has 0 atom stereocenters. The van der Waals surface area contributed by atoms with Crippen LogP contribution in [0, 0.1) is 6.92 Å². The number of amides is 2. The third-order valence-corrected chi connectivity index (χ3v) is 4.61. The number of hydrogen-bond acceptors (Lipinski definition) is 9. The second kappa shape index (κ2) is 7.91. The van der Waals surface area contributed by atoms with Crippen molar-refractivity contribution in [3.63, 3.8) is 0 Å². The first-order chi connectivity index (χ1) is 14.4. The van der Waals surface area contributed by atoms with Gasteiger partial charge in [0.1, 0.15) is 12.0 Å². The van der Waals surface area contributed by atoms with Crippen molar-refractivity contribution < 1.29 is 18.7 Å². The molecule has 0 saturated carbocycles. The molecule has 1 aliphatic heterocycles. The van der Waals surface area contributed by atoms with E-state index >= 15 is 0 Å². The summed E-state index contributed by atoms with van der Waals surface area (Å²) in [4.78, 5) is 36.6. The molecule has 30 heavy (non-hydrogen) atoms. The van der Waals surface area contributed by atoms with Gasteiger partial charge in [-0.25, -0.2) is 15.0 Å². The van der Waals surface area contributed by atoms with Crippen molar-refractivity contribution in [1.29, 1.82) is 0 Å². The van der Waals surface area contributed by atoms with Gasteiger partial charge in [-0.2, -0.15) is 5.10 Å². The maximum atomic E-state index is 12.7. The molecule has 3 aromatic rings. The number of anilines is 2. The van der Waals surface area contributed by atoms with E-state index in [9.17, 15) is 9.59 Å². The summed E-state index contributed by atoms with van der Waals surface area (Å²) in [6, 6.07) is 1.69. The molecule has 0 aromatic carbocycles. The topological polar surface area (TPSA) is 177 Å². The van der Waals surface area contributed by atoms with Gasteiger partial charge in [0.15, 0.2) is 11.4 Å². The van der Waals surface area contributed by atoms with E-state index in [1.807, 2.05) is 0 Å². The Morgan fingerprint density at radius 2 is 2.00 bits per heavy atom. The molecule has 0 aliphatic carbocycles. The zero-order valence-corrected chi connectivity index (χ0v) is 16.2. The molecule has 0 unspecified atom stereocenters. The third kappa shape index (κ3) is 3.98. The molecule has 4 rings (SSSR count). The number of carbonyl (C=O) groups is 2. The summed E-state index contributed by atoms with van der Waals surface area (Å²) < 4.78 is 12.3. The van der Waals surface area contributed by atoms with E-state index in [-0.39, 0.29) is 35.0 Å². The number of aryl methyl sites for hydroxylation is 1. The van der Waals surface area contributed by atoms with Gasteiger partial charge in [-0.15, -0.1) is 0 Å². The highest BCUT2D eigenvalue weighted by Gasteiger charge is 2.23. The summed E-state index contributed by atoms with van der Waals surface area (Å²) in [5.41, 5.74) is 12.2. The Hall–Kier alpha value is -3.80. The van der Waals surface area contributed by atoms with Crippen LogP contribution in [0.4, 0.5) is 11.6 Å². The summed E-state index contributed by atoms with van der Waals surface area (Å²) >= 11 is 0. The Labute approximate surface area is 170 Å². The molecule has 1 saturated heterocycles. The van der Waals surface area contributed by atoms with Crippen LogP contribution < -0.4 is 16.8 Å². The predicted octanol–water partition coefficient (Wildman–Crippen LogP) is 0.921. The van der Waals surface area contributed by atoms with E-state index in [1.165, 1.54) is 6.26 Å². The highest BCUT2D eigenvalue weighted by molar-refractivity contribution is 6.07. The highest BCUT2D eigenvalue weighted by atomic mass is 16.5. The minimum absolute atomic E-state index is 0.00549. The summed E-state index contributed by atoms with van der Waals surface area (Å²) in [6.45, 7) is 2.96. The third-order valence-electron chi connectivity index (χ3n) is 4.61. The zero-order valence-electron chi connectivity index (χ0n) is 16.2. The van der Waals surface area contributed by atoms with Crippen molar-refractivity contribution in [1.82, 2.24) is 24.7 Å². The maximum absolute atomic E-state index is 12.7. The summed E-state index contributed by atoms with van der Waals surface area (Å²) in [7, 11) is 0. The minimum atomic E-state index is -0.746. The Morgan fingerprint density at radius 1 is 1.23 bits per heavy atom. The Bertz CT molecular complexity index is 1080. The van der Waals surface area contributed by atoms with Crippen molar-refractivity contribution >= 4 is 23.5 Å². The van der Waals surface area contributed by atoms with Crippen molar-refractivity contribution in [2.45, 2.75) is 25.8 Å². The first kappa shape index (κ1) is 19.5. The molecule has 0 radical (unpaired) electrons. The van der Waals surface area contributed by atoms with Gasteiger partial charge >= 0.3 is 0 Å². The van der Waals surface area contributed by atoms with E-state index in [4.69, 9.17) is 20.6 Å². The van der Waals surface area contributed by atoms with Gasteiger partial charge in [-0.05, 0) is 25.8 Å². The number of carbonyl (C=O) groups excluding carboxylic acids is 2. The second-order valence-corrected chi connectivity index (χ2v) is 6.82. The van der Waals surface area contributed by atoms with Crippen LogP contribution in [0.3, 0.4) is 0 Å². The van der Waals surface area contributed by atoms with Gasteiger partial charge in [0.25, 0.3) is 11.8 Å². The van der Waals surface area contributed by atoms with Gasteiger partial charge < -0.3 is 25.9 Å². The van der Waals surface area contributed by atoms with E-state index in [0.29, 0.717) is 24.6 Å². The number of ether oxygens (including phenoxy) is 1. The first-order valence-electron chi connectivity index (χ1n) is 9.26. The Morgan fingerprint density at radius 3 is 2.70 bits per heavy atom. The number of rotatable bonds is 5. The summed E-state index contributed by atoms with van der Waals surface area (Å²) in [6.07, 6.45) is 4.28. The number of nitrogen functional groups attached to an aromatic ring is 1. The lowest BCUT2D eigenvalue weighted by atomic mass is 10.1. The van der Waals surface area contributed by atoms with E-state index in [1.54, 1.807) is 23.9 Å². The lowest BCUT2D eigenvalue weighted by Crippen LogP contribution is -2.21. The van der Waals surface area contributed by atoms with Gasteiger partial charge in [-0.3, -0.25) is 14.3 Å². The van der Waals surface area contributed by atoms with E-state index < -0.39 is 11.8 Å². The fraction of sp³-hybridized carbons (Fsp3) is 0.333. The van der Waals surface area contributed by atoms with E-state index in [0.717, 1.165) is 12.8 Å². The van der Waals surface area contributed by atoms with Crippen molar-refractivity contribution in [2.24, 2.45) is 5.73 Å². The molecule has 4 heterocycles. The first-order valence-corrected chi connectivity index (χ1v) is 9.26. The Balaban J connectivity index is 1.56. The minimum Gasteiger partial charge on any atom is -0.442 e. The molecule has 3 aromatic heterocycles. The number of oxazole rings is 1. The monoisotopic (exact) mass is 412 g/mol. The van der Waals surface area contributed by atoms with Gasteiger partial charge in [0.05, 0.1) is 11.7 Å². The van der Waals surface area contributed by atoms with Crippen LogP contribution in [0.15, 0.2) is 22.9 Å². The van der Waals surface area contributed by atoms with Crippen molar-refractivity contribution in [2.75, 3.05) is 24.3 Å². The molecular formula is C18H20N8O4. The molecule has 2 amide bonds. The molecule has 1 aliphatic rings. The number of primary amides is 1. The summed E-state index contributed by atoms with van der Waals surface area (Å²) in [5, 5.41) is 6.87. The number of nitrogens with one attached hydrogen (secondary N) is 1. The fourth-order valence-corrected chi connectivity index (χ4v) is 3.18. The average molecular weight is 412 g/mol. The molecule has 12 nitrogen and oxygen atoms in total. The summed E-state index contributed by atoms with van der Waals surface area (Å²) in [5.74, 6) is -1.15. The molecular weight excluding hydrogens is 392 g/mol. The molecule has 12 heteroatoms. The van der Waals surface area contributed by atoms with Crippen LogP contribution in [0.2, 0.25) is 0 Å². The van der Waals surface area contributed by atoms with E-state index in [2.05, 4.69) is 25.4 Å². The lowest BCUT2D eigenvalue weighted by Gasteiger charge is -2.22. The number of aromatic nitrogens is 5. The number of nitrogens with zero attached hydrogens (tertiary/aromatic N) is 5. The normalized spacial score (nSPS) is 14.6. The van der Waals surface area contributed by atoms with Crippen LogP contribution in [-0.2, 0) is 4.74 Å². The lowest BCUT2D eigenvalue weighted by molar-refractivity contribution is 0.0661. The van der Waals surface area contributed by atoms with Crippen LogP contribution in [0.25, 0.3) is 11.6 Å². The fourth-order valence-electron chi connectivity index (χ4n) is 3.18. The van der Waals surface area contributed by atoms with Gasteiger partial charge in [-0.1, -0.05) is 0 Å². The predicted molar refractivity (Wildman–Crippen MR) is 104 cm³/mol. The molecule has 0 spiro atoms. The number of nitrogens with two attached hydrogens (primary N) is 2. The maximum Gasteiger partial charge on any atom is 0.277 e.